The van der Waals surface area contributed by atoms with Crippen LogP contribution in [-0.4, -0.2) is 46.1 Å². The number of carboxylic acids is 1. The van der Waals surface area contributed by atoms with Crippen LogP contribution in [0.4, 0.5) is 0 Å². The van der Waals surface area contributed by atoms with Crippen molar-refractivity contribution < 1.29 is 20.1 Å². The number of β-amino-alcohol motifs (C(OH)–C–C–N with tert-alkyl or cyclic N) is 2. The SMILES string of the molecule is O=C(O)[C@@]1(O)CNC[C@@H]1O. The van der Waals surface area contributed by atoms with Crippen LogP contribution in [0.3, 0.4) is 0 Å². The lowest BCUT2D eigenvalue weighted by Gasteiger charge is -2.18. The first-order chi connectivity index (χ1) is 4.57. The second kappa shape index (κ2) is 2.19. The average Bonchev–Trinajstić information content (AvgIpc) is 2.15. The van der Waals surface area contributed by atoms with E-state index in [9.17, 15) is 4.79 Å². The Morgan fingerprint density at radius 2 is 2.30 bits per heavy atom. The minimum Gasteiger partial charge on any atom is -0.479 e. The molecule has 0 aliphatic carbocycles. The summed E-state index contributed by atoms with van der Waals surface area (Å²) in [6.45, 7) is 0.0340. The number of carboxylic acid groups (broad SMARTS) is 1. The molecule has 0 saturated carbocycles. The van der Waals surface area contributed by atoms with Gasteiger partial charge < -0.3 is 20.6 Å². The molecule has 1 rings (SSSR count). The van der Waals surface area contributed by atoms with Crippen LogP contribution in [0.5, 0.6) is 0 Å². The van der Waals surface area contributed by atoms with Crippen LogP contribution >= 0.6 is 0 Å². The van der Waals surface area contributed by atoms with Crippen molar-refractivity contribution >= 4 is 5.97 Å². The first-order valence-corrected chi connectivity index (χ1v) is 2.92. The van der Waals surface area contributed by atoms with Crippen LogP contribution in [0.25, 0.3) is 0 Å². The fourth-order valence-corrected chi connectivity index (χ4v) is 0.904. The summed E-state index contributed by atoms with van der Waals surface area (Å²) in [6.07, 6.45) is -1.20. The van der Waals surface area contributed by atoms with Crippen LogP contribution in [-0.2, 0) is 4.79 Å². The van der Waals surface area contributed by atoms with E-state index in [1.54, 1.807) is 0 Å². The molecule has 10 heavy (non-hydrogen) atoms. The van der Waals surface area contributed by atoms with Gasteiger partial charge in [-0.1, -0.05) is 0 Å². The van der Waals surface area contributed by atoms with Crippen molar-refractivity contribution in [3.05, 3.63) is 0 Å². The third-order valence-corrected chi connectivity index (χ3v) is 1.65. The molecule has 4 N–H and O–H groups in total. The van der Waals surface area contributed by atoms with Crippen molar-refractivity contribution in [2.75, 3.05) is 13.1 Å². The van der Waals surface area contributed by atoms with Crippen molar-refractivity contribution in [1.82, 2.24) is 5.32 Å². The highest BCUT2D eigenvalue weighted by atomic mass is 16.4. The molecule has 0 radical (unpaired) electrons. The number of hydrogen-bond donors (Lipinski definition) is 4. The molecule has 0 aromatic carbocycles. The number of aliphatic carboxylic acids is 1. The monoisotopic (exact) mass is 147 g/mol. The zero-order valence-electron chi connectivity index (χ0n) is 5.24. The largest absolute Gasteiger partial charge is 0.479 e. The molecule has 0 bridgehead atoms. The number of hydrogen-bond acceptors (Lipinski definition) is 4. The van der Waals surface area contributed by atoms with Gasteiger partial charge in [0.25, 0.3) is 0 Å². The Hall–Kier alpha value is -0.650. The molecule has 0 aromatic rings. The van der Waals surface area contributed by atoms with Crippen LogP contribution < -0.4 is 5.32 Å². The Bertz CT molecular complexity index is 160. The van der Waals surface area contributed by atoms with E-state index in [4.69, 9.17) is 15.3 Å². The van der Waals surface area contributed by atoms with Crippen molar-refractivity contribution in [2.24, 2.45) is 0 Å². The molecule has 5 heteroatoms. The maximum atomic E-state index is 10.3. The Kier molecular flexibility index (Phi) is 1.63. The smallest absolute Gasteiger partial charge is 0.339 e. The second-order valence-corrected chi connectivity index (χ2v) is 2.38. The molecule has 1 aliphatic heterocycles. The van der Waals surface area contributed by atoms with E-state index in [0.717, 1.165) is 0 Å². The number of aliphatic hydroxyl groups is 2. The summed E-state index contributed by atoms with van der Waals surface area (Å²) in [5.74, 6) is -1.38. The molecule has 0 unspecified atom stereocenters. The first kappa shape index (κ1) is 7.46. The summed E-state index contributed by atoms with van der Waals surface area (Å²) >= 11 is 0. The lowest BCUT2D eigenvalue weighted by molar-refractivity contribution is -0.165. The van der Waals surface area contributed by atoms with E-state index in [1.165, 1.54) is 0 Å². The predicted molar refractivity (Wildman–Crippen MR) is 31.5 cm³/mol. The van der Waals surface area contributed by atoms with Gasteiger partial charge in [-0.3, -0.25) is 0 Å². The molecule has 1 saturated heterocycles. The third kappa shape index (κ3) is 0.880. The summed E-state index contributed by atoms with van der Waals surface area (Å²) in [7, 11) is 0. The summed E-state index contributed by atoms with van der Waals surface area (Å²) in [4.78, 5) is 10.3. The highest BCUT2D eigenvalue weighted by molar-refractivity contribution is 5.78. The van der Waals surface area contributed by atoms with Gasteiger partial charge in [-0.05, 0) is 0 Å². The maximum Gasteiger partial charge on any atom is 0.339 e. The third-order valence-electron chi connectivity index (χ3n) is 1.65. The molecule has 0 spiro atoms. The molecule has 0 amide bonds. The zero-order valence-corrected chi connectivity index (χ0v) is 5.24. The van der Waals surface area contributed by atoms with E-state index in [-0.39, 0.29) is 13.1 Å². The molecule has 0 aromatic heterocycles. The van der Waals surface area contributed by atoms with Crippen molar-refractivity contribution in [2.45, 2.75) is 11.7 Å². The fraction of sp³-hybridized carbons (Fsp3) is 0.800. The zero-order chi connectivity index (χ0) is 7.78. The second-order valence-electron chi connectivity index (χ2n) is 2.38. The normalized spacial score (nSPS) is 40.0. The number of carbonyl (C=O) groups is 1. The number of rotatable bonds is 1. The van der Waals surface area contributed by atoms with Gasteiger partial charge in [-0.25, -0.2) is 4.79 Å². The molecule has 1 aliphatic rings. The van der Waals surface area contributed by atoms with Crippen molar-refractivity contribution in [3.8, 4) is 0 Å². The highest BCUT2D eigenvalue weighted by Gasteiger charge is 2.47. The summed E-state index contributed by atoms with van der Waals surface area (Å²) in [6, 6.07) is 0. The van der Waals surface area contributed by atoms with Gasteiger partial charge >= 0.3 is 5.97 Å². The van der Waals surface area contributed by atoms with E-state index in [2.05, 4.69) is 5.32 Å². The lowest BCUT2D eigenvalue weighted by atomic mass is 10.0. The van der Waals surface area contributed by atoms with Crippen LogP contribution in [0.15, 0.2) is 0 Å². The van der Waals surface area contributed by atoms with E-state index < -0.39 is 17.7 Å². The van der Waals surface area contributed by atoms with Gasteiger partial charge in [0.2, 0.25) is 5.60 Å². The van der Waals surface area contributed by atoms with Gasteiger partial charge in [0, 0.05) is 13.1 Å². The van der Waals surface area contributed by atoms with Gasteiger partial charge in [-0.2, -0.15) is 0 Å². The van der Waals surface area contributed by atoms with Gasteiger partial charge in [0.1, 0.15) is 6.10 Å². The molecule has 1 heterocycles. The van der Waals surface area contributed by atoms with Gasteiger partial charge in [0.05, 0.1) is 0 Å². The Morgan fingerprint density at radius 3 is 2.50 bits per heavy atom. The van der Waals surface area contributed by atoms with E-state index in [1.807, 2.05) is 0 Å². The molecule has 1 fully saturated rings. The summed E-state index contributed by atoms with van der Waals surface area (Å²) in [5.41, 5.74) is -1.99. The number of nitrogens with one attached hydrogen (secondary N) is 1. The Morgan fingerprint density at radius 1 is 1.70 bits per heavy atom. The molecule has 5 nitrogen and oxygen atoms in total. The topological polar surface area (TPSA) is 89.8 Å². The number of aliphatic hydroxyl groups excluding tert-OH is 1. The summed E-state index contributed by atoms with van der Waals surface area (Å²) in [5, 5.41) is 29.0. The Balaban J connectivity index is 2.75. The van der Waals surface area contributed by atoms with Crippen molar-refractivity contribution in [3.63, 3.8) is 0 Å². The standard InChI is InChI=1S/C5H9NO4/c7-3-1-6-2-5(3,10)4(8)9/h3,6-7,10H,1-2H2,(H,8,9)/t3-,5+/m0/s1. The average molecular weight is 147 g/mol. The molecular formula is C5H9NO4. The van der Waals surface area contributed by atoms with Gasteiger partial charge in [-0.15, -0.1) is 0 Å². The van der Waals surface area contributed by atoms with Crippen LogP contribution in [0.1, 0.15) is 0 Å². The lowest BCUT2D eigenvalue weighted by Crippen LogP contribution is -2.49. The van der Waals surface area contributed by atoms with Crippen LogP contribution in [0, 0.1) is 0 Å². The predicted octanol–water partition coefficient (Wildman–Crippen LogP) is -2.23. The Labute approximate surface area is 57.3 Å². The van der Waals surface area contributed by atoms with Gasteiger partial charge in [0.15, 0.2) is 0 Å². The van der Waals surface area contributed by atoms with Crippen molar-refractivity contribution in [1.29, 1.82) is 0 Å². The molecular weight excluding hydrogens is 138 g/mol. The molecule has 58 valence electrons. The minimum atomic E-state index is -1.99. The quantitative estimate of drug-likeness (QED) is 0.337. The summed E-state index contributed by atoms with van der Waals surface area (Å²) < 4.78 is 0. The fourth-order valence-electron chi connectivity index (χ4n) is 0.904. The maximum absolute atomic E-state index is 10.3. The van der Waals surface area contributed by atoms with E-state index in [0.29, 0.717) is 0 Å². The first-order valence-electron chi connectivity index (χ1n) is 2.92. The van der Waals surface area contributed by atoms with E-state index >= 15 is 0 Å². The van der Waals surface area contributed by atoms with Crippen LogP contribution in [0.2, 0.25) is 0 Å². The highest BCUT2D eigenvalue weighted by Crippen LogP contribution is 2.14. The minimum absolute atomic E-state index is 0.0938. The molecule has 2 atom stereocenters.